The highest BCUT2D eigenvalue weighted by Crippen LogP contribution is 2.18. The Kier molecular flexibility index (Phi) is 6.15. The normalized spacial score (nSPS) is 12.2. The van der Waals surface area contributed by atoms with E-state index in [2.05, 4.69) is 21.2 Å². The van der Waals surface area contributed by atoms with Crippen LogP contribution in [0.2, 0.25) is 0 Å². The van der Waals surface area contributed by atoms with E-state index >= 15 is 0 Å². The van der Waals surface area contributed by atoms with Crippen molar-refractivity contribution in [2.45, 2.75) is 18.2 Å². The van der Waals surface area contributed by atoms with Crippen LogP contribution in [-0.2, 0) is 4.74 Å². The molecule has 4 nitrogen and oxygen atoms in total. The Labute approximate surface area is 115 Å². The summed E-state index contributed by atoms with van der Waals surface area (Å²) < 4.78 is 4.98. The van der Waals surface area contributed by atoms with Crippen molar-refractivity contribution in [3.63, 3.8) is 0 Å². The van der Waals surface area contributed by atoms with Gasteiger partial charge in [-0.3, -0.25) is 4.79 Å². The molecular formula is C13H18BrNO3. The quantitative estimate of drug-likeness (QED) is 0.791. The molecule has 0 aliphatic rings. The summed E-state index contributed by atoms with van der Waals surface area (Å²) in [6.07, 6.45) is 0.770. The van der Waals surface area contributed by atoms with Crippen molar-refractivity contribution >= 4 is 21.8 Å². The topological polar surface area (TPSA) is 58.6 Å². The van der Waals surface area contributed by atoms with Crippen molar-refractivity contribution in [3.05, 3.63) is 29.3 Å². The van der Waals surface area contributed by atoms with Gasteiger partial charge < -0.3 is 15.2 Å². The van der Waals surface area contributed by atoms with Crippen LogP contribution in [0.4, 0.5) is 0 Å². The summed E-state index contributed by atoms with van der Waals surface area (Å²) in [7, 11) is 1.64. The van der Waals surface area contributed by atoms with Crippen molar-refractivity contribution in [1.29, 1.82) is 0 Å². The van der Waals surface area contributed by atoms with Crippen LogP contribution in [0.25, 0.3) is 0 Å². The first-order chi connectivity index (χ1) is 8.54. The number of phenolic OH excluding ortho intramolecular Hbond substituents is 1. The molecule has 0 aromatic heterocycles. The third-order valence-electron chi connectivity index (χ3n) is 2.49. The first-order valence-corrected chi connectivity index (χ1v) is 6.67. The molecule has 5 heteroatoms. The summed E-state index contributed by atoms with van der Waals surface area (Å²) >= 11 is 3.44. The number of hydrogen-bond acceptors (Lipinski definition) is 3. The van der Waals surface area contributed by atoms with Gasteiger partial charge in [0.15, 0.2) is 0 Å². The van der Waals surface area contributed by atoms with Gasteiger partial charge in [-0.25, -0.2) is 0 Å². The first-order valence-electron chi connectivity index (χ1n) is 5.75. The van der Waals surface area contributed by atoms with E-state index in [1.165, 1.54) is 0 Å². The van der Waals surface area contributed by atoms with Gasteiger partial charge in [-0.1, -0.05) is 22.0 Å². The van der Waals surface area contributed by atoms with E-state index in [4.69, 9.17) is 4.74 Å². The maximum absolute atomic E-state index is 11.8. The highest BCUT2D eigenvalue weighted by Gasteiger charge is 2.11. The van der Waals surface area contributed by atoms with Crippen LogP contribution < -0.4 is 5.32 Å². The van der Waals surface area contributed by atoms with E-state index in [0.29, 0.717) is 18.7 Å². The van der Waals surface area contributed by atoms with Gasteiger partial charge in [-0.05, 0) is 31.0 Å². The van der Waals surface area contributed by atoms with E-state index in [9.17, 15) is 9.90 Å². The van der Waals surface area contributed by atoms with Crippen LogP contribution in [0.5, 0.6) is 5.75 Å². The molecule has 100 valence electrons. The van der Waals surface area contributed by atoms with Crippen molar-refractivity contribution in [2.75, 3.05) is 20.3 Å². The molecule has 2 N–H and O–H groups in total. The number of ether oxygens (including phenoxy) is 1. The second-order valence-corrected chi connectivity index (χ2v) is 5.41. The molecule has 1 atom stereocenters. The van der Waals surface area contributed by atoms with Gasteiger partial charge in [0, 0.05) is 18.5 Å². The van der Waals surface area contributed by atoms with Crippen LogP contribution in [0.1, 0.15) is 22.3 Å². The number of amides is 1. The molecule has 1 unspecified atom stereocenters. The van der Waals surface area contributed by atoms with Crippen LogP contribution in [0.15, 0.2) is 18.2 Å². The molecule has 1 aromatic rings. The lowest BCUT2D eigenvalue weighted by atomic mass is 10.1. The number of halogens is 1. The summed E-state index contributed by atoms with van der Waals surface area (Å²) in [6.45, 7) is 3.00. The predicted octanol–water partition coefficient (Wildman–Crippen LogP) is 2.23. The van der Waals surface area contributed by atoms with Gasteiger partial charge in [-0.2, -0.15) is 0 Å². The number of methoxy groups -OCH3 is 1. The number of benzene rings is 1. The third kappa shape index (κ3) is 4.66. The first kappa shape index (κ1) is 15.0. The molecule has 0 radical (unpaired) electrons. The zero-order valence-corrected chi connectivity index (χ0v) is 12.2. The smallest absolute Gasteiger partial charge is 0.255 e. The SMILES string of the molecule is COCC(Br)CCNC(=O)c1ccc(C)cc1O. The number of nitrogens with one attached hydrogen (secondary N) is 1. The Balaban J connectivity index is 2.45. The van der Waals surface area contributed by atoms with Crippen LogP contribution in [-0.4, -0.2) is 36.1 Å². The number of carbonyl (C=O) groups excluding carboxylic acids is 1. The van der Waals surface area contributed by atoms with E-state index in [-0.39, 0.29) is 16.5 Å². The number of aromatic hydroxyl groups is 1. The largest absolute Gasteiger partial charge is 0.507 e. The standard InChI is InChI=1S/C13H18BrNO3/c1-9-3-4-11(12(16)7-9)13(17)15-6-5-10(14)8-18-2/h3-4,7,10,16H,5-6,8H2,1-2H3,(H,15,17). The van der Waals surface area contributed by atoms with Crippen LogP contribution in [0.3, 0.4) is 0 Å². The summed E-state index contributed by atoms with van der Waals surface area (Å²) in [4.78, 5) is 12.0. The summed E-state index contributed by atoms with van der Waals surface area (Å²) in [5.74, 6) is -0.246. The Morgan fingerprint density at radius 1 is 1.56 bits per heavy atom. The minimum atomic E-state index is -0.260. The Morgan fingerprint density at radius 2 is 2.28 bits per heavy atom. The molecule has 1 rings (SSSR count). The van der Waals surface area contributed by atoms with Gasteiger partial charge in [0.05, 0.1) is 12.2 Å². The van der Waals surface area contributed by atoms with Gasteiger partial charge in [-0.15, -0.1) is 0 Å². The Morgan fingerprint density at radius 3 is 2.89 bits per heavy atom. The monoisotopic (exact) mass is 315 g/mol. The zero-order chi connectivity index (χ0) is 13.5. The maximum atomic E-state index is 11.8. The van der Waals surface area contributed by atoms with Crippen molar-refractivity contribution in [1.82, 2.24) is 5.32 Å². The fourth-order valence-electron chi connectivity index (χ4n) is 1.54. The fraction of sp³-hybridized carbons (Fsp3) is 0.462. The number of phenols is 1. The van der Waals surface area contributed by atoms with E-state index in [1.54, 1.807) is 25.3 Å². The molecule has 0 aliphatic heterocycles. The van der Waals surface area contributed by atoms with Gasteiger partial charge in [0.2, 0.25) is 0 Å². The fourth-order valence-corrected chi connectivity index (χ4v) is 2.03. The minimum Gasteiger partial charge on any atom is -0.507 e. The minimum absolute atomic E-state index is 0.0137. The second kappa shape index (κ2) is 7.38. The zero-order valence-electron chi connectivity index (χ0n) is 10.6. The van der Waals surface area contributed by atoms with Gasteiger partial charge in [0.1, 0.15) is 5.75 Å². The van der Waals surface area contributed by atoms with Crippen molar-refractivity contribution < 1.29 is 14.6 Å². The average molecular weight is 316 g/mol. The molecule has 0 saturated carbocycles. The van der Waals surface area contributed by atoms with Gasteiger partial charge in [0.25, 0.3) is 5.91 Å². The van der Waals surface area contributed by atoms with Crippen molar-refractivity contribution in [2.24, 2.45) is 0 Å². The molecule has 0 bridgehead atoms. The highest BCUT2D eigenvalue weighted by molar-refractivity contribution is 9.09. The lowest BCUT2D eigenvalue weighted by Crippen LogP contribution is -2.27. The summed E-state index contributed by atoms with van der Waals surface area (Å²) in [5, 5.41) is 12.4. The van der Waals surface area contributed by atoms with E-state index in [1.807, 2.05) is 6.92 Å². The Hall–Kier alpha value is -1.07. The molecule has 18 heavy (non-hydrogen) atoms. The maximum Gasteiger partial charge on any atom is 0.255 e. The van der Waals surface area contributed by atoms with Gasteiger partial charge >= 0.3 is 0 Å². The average Bonchev–Trinajstić information content (AvgIpc) is 2.29. The molecule has 0 fully saturated rings. The number of alkyl halides is 1. The molecule has 0 aliphatic carbocycles. The highest BCUT2D eigenvalue weighted by atomic mass is 79.9. The van der Waals surface area contributed by atoms with Crippen LogP contribution >= 0.6 is 15.9 Å². The molecule has 1 amide bonds. The number of hydrogen-bond donors (Lipinski definition) is 2. The molecule has 0 spiro atoms. The summed E-state index contributed by atoms with van der Waals surface area (Å²) in [6, 6.07) is 5.00. The van der Waals surface area contributed by atoms with Crippen molar-refractivity contribution in [3.8, 4) is 5.75 Å². The molecule has 1 aromatic carbocycles. The molecule has 0 saturated heterocycles. The lowest BCUT2D eigenvalue weighted by molar-refractivity contribution is 0.0949. The number of aryl methyl sites for hydroxylation is 1. The Bertz CT molecular complexity index is 409. The lowest BCUT2D eigenvalue weighted by Gasteiger charge is -2.10. The second-order valence-electron chi connectivity index (χ2n) is 4.12. The summed E-state index contributed by atoms with van der Waals surface area (Å²) in [5.41, 5.74) is 1.23. The number of rotatable bonds is 6. The molecular weight excluding hydrogens is 298 g/mol. The van der Waals surface area contributed by atoms with Crippen LogP contribution in [0, 0.1) is 6.92 Å². The third-order valence-corrected chi connectivity index (χ3v) is 3.21. The molecule has 0 heterocycles. The predicted molar refractivity (Wildman–Crippen MR) is 74.4 cm³/mol. The van der Waals surface area contributed by atoms with E-state index < -0.39 is 0 Å². The number of carbonyl (C=O) groups is 1. The van der Waals surface area contributed by atoms with E-state index in [0.717, 1.165) is 12.0 Å².